The third-order valence-corrected chi connectivity index (χ3v) is 3.60. The van der Waals surface area contributed by atoms with E-state index in [1.54, 1.807) is 16.9 Å². The first-order valence-corrected chi connectivity index (χ1v) is 6.95. The molecule has 2 aromatic heterocycles. The number of carbonyl (C=O) groups excluding carboxylic acids is 1. The van der Waals surface area contributed by atoms with Crippen LogP contribution in [0.4, 0.5) is 0 Å². The molecular formula is C17H14N4O. The van der Waals surface area contributed by atoms with E-state index in [0.717, 1.165) is 16.6 Å². The molecule has 22 heavy (non-hydrogen) atoms. The summed E-state index contributed by atoms with van der Waals surface area (Å²) in [6.07, 6.45) is 1.64. The Hall–Kier alpha value is -3.00. The smallest absolute Gasteiger partial charge is 0.177 e. The van der Waals surface area contributed by atoms with Gasteiger partial charge in [-0.25, -0.2) is 0 Å². The first-order chi connectivity index (χ1) is 10.7. The molecule has 2 heterocycles. The highest BCUT2D eigenvalue weighted by Crippen LogP contribution is 2.19. The summed E-state index contributed by atoms with van der Waals surface area (Å²) < 4.78 is 1.59. The average Bonchev–Trinajstić information content (AvgIpc) is 2.93. The number of nitrogens with zero attached hydrogens (tertiary/aromatic N) is 4. The van der Waals surface area contributed by atoms with Crippen molar-refractivity contribution in [2.75, 3.05) is 0 Å². The monoisotopic (exact) mass is 290 g/mol. The number of Topliss-reactive ketones (excluding diaryl/α,β-unsaturated/α-hetero) is 1. The van der Waals surface area contributed by atoms with Crippen molar-refractivity contribution in [2.45, 2.75) is 19.4 Å². The van der Waals surface area contributed by atoms with E-state index in [2.05, 4.69) is 16.2 Å². The van der Waals surface area contributed by atoms with Crippen LogP contribution in [0.2, 0.25) is 0 Å². The van der Waals surface area contributed by atoms with Crippen LogP contribution in [0.15, 0.2) is 48.7 Å². The molecule has 0 aliphatic rings. The Kier molecular flexibility index (Phi) is 3.67. The third kappa shape index (κ3) is 2.59. The summed E-state index contributed by atoms with van der Waals surface area (Å²) in [6, 6.07) is 15.1. The average molecular weight is 290 g/mol. The van der Waals surface area contributed by atoms with Crippen molar-refractivity contribution in [1.29, 1.82) is 5.26 Å². The number of hydrogen-bond donors (Lipinski definition) is 0. The Morgan fingerprint density at radius 3 is 2.82 bits per heavy atom. The van der Waals surface area contributed by atoms with E-state index in [0.29, 0.717) is 5.69 Å². The third-order valence-electron chi connectivity index (χ3n) is 3.60. The zero-order chi connectivity index (χ0) is 15.5. The van der Waals surface area contributed by atoms with Crippen molar-refractivity contribution in [1.82, 2.24) is 14.8 Å². The number of carbonyl (C=O) groups is 1. The molecule has 0 amide bonds. The highest BCUT2D eigenvalue weighted by Gasteiger charge is 2.22. The van der Waals surface area contributed by atoms with Gasteiger partial charge < -0.3 is 0 Å². The summed E-state index contributed by atoms with van der Waals surface area (Å²) in [5, 5.41) is 14.4. The second-order valence-corrected chi connectivity index (χ2v) is 5.09. The number of pyridine rings is 1. The predicted octanol–water partition coefficient (Wildman–Crippen LogP) is 2.62. The second kappa shape index (κ2) is 5.78. The number of nitriles is 1. The fourth-order valence-electron chi connectivity index (χ4n) is 2.35. The molecule has 0 radical (unpaired) electrons. The Balaban J connectivity index is 1.90. The summed E-state index contributed by atoms with van der Waals surface area (Å²) in [6.45, 7) is 1.95. The van der Waals surface area contributed by atoms with Gasteiger partial charge in [0.2, 0.25) is 0 Å². The van der Waals surface area contributed by atoms with Gasteiger partial charge in [-0.15, -0.1) is 0 Å². The molecule has 1 unspecified atom stereocenters. The zero-order valence-electron chi connectivity index (χ0n) is 12.1. The van der Waals surface area contributed by atoms with E-state index in [9.17, 15) is 10.1 Å². The van der Waals surface area contributed by atoms with Crippen LogP contribution in [0.1, 0.15) is 17.3 Å². The summed E-state index contributed by atoms with van der Waals surface area (Å²) in [4.78, 5) is 16.9. The Labute approximate surface area is 127 Å². The van der Waals surface area contributed by atoms with Gasteiger partial charge in [0.05, 0.1) is 17.3 Å². The molecule has 3 rings (SSSR count). The van der Waals surface area contributed by atoms with Gasteiger partial charge in [0.25, 0.3) is 0 Å². The molecule has 0 aliphatic carbocycles. The molecule has 0 bridgehead atoms. The van der Waals surface area contributed by atoms with E-state index in [1.807, 2.05) is 43.3 Å². The lowest BCUT2D eigenvalue weighted by molar-refractivity contribution is -0.120. The zero-order valence-corrected chi connectivity index (χ0v) is 12.1. The summed E-state index contributed by atoms with van der Waals surface area (Å²) in [5.41, 5.74) is 2.15. The van der Waals surface area contributed by atoms with Gasteiger partial charge in [-0.05, 0) is 25.1 Å². The highest BCUT2D eigenvalue weighted by atomic mass is 16.1. The Morgan fingerprint density at radius 1 is 1.27 bits per heavy atom. The molecule has 1 atom stereocenters. The molecule has 0 fully saturated rings. The molecule has 0 saturated heterocycles. The van der Waals surface area contributed by atoms with E-state index in [4.69, 9.17) is 0 Å². The van der Waals surface area contributed by atoms with Crippen molar-refractivity contribution < 1.29 is 4.79 Å². The van der Waals surface area contributed by atoms with Gasteiger partial charge in [-0.2, -0.15) is 10.4 Å². The minimum absolute atomic E-state index is 0.0750. The maximum absolute atomic E-state index is 12.4. The molecule has 5 heteroatoms. The van der Waals surface area contributed by atoms with Crippen molar-refractivity contribution in [3.8, 4) is 6.07 Å². The molecule has 3 aromatic rings. The van der Waals surface area contributed by atoms with E-state index in [1.165, 1.54) is 0 Å². The standard InChI is InChI=1S/C17H14N4O/c1-12-8-9-19-21(12)11-17(22)14(10-18)16-7-6-13-4-2-3-5-15(13)20-16/h2-9,14H,11H2,1H3. The largest absolute Gasteiger partial charge is 0.296 e. The lowest BCUT2D eigenvalue weighted by Crippen LogP contribution is -2.20. The lowest BCUT2D eigenvalue weighted by Gasteiger charge is -2.10. The number of para-hydroxylation sites is 1. The second-order valence-electron chi connectivity index (χ2n) is 5.09. The number of fused-ring (bicyclic) bond motifs is 1. The quantitative estimate of drug-likeness (QED) is 0.740. The van der Waals surface area contributed by atoms with Crippen molar-refractivity contribution in [3.63, 3.8) is 0 Å². The minimum Gasteiger partial charge on any atom is -0.296 e. The fraction of sp³-hybridized carbons (Fsp3) is 0.176. The Morgan fingerprint density at radius 2 is 2.09 bits per heavy atom. The van der Waals surface area contributed by atoms with Crippen molar-refractivity contribution in [3.05, 3.63) is 60.0 Å². The molecule has 108 valence electrons. The maximum atomic E-state index is 12.4. The van der Waals surface area contributed by atoms with E-state index >= 15 is 0 Å². The van der Waals surface area contributed by atoms with Crippen LogP contribution in [0.25, 0.3) is 10.9 Å². The number of rotatable bonds is 4. The normalized spacial score (nSPS) is 12.0. The summed E-state index contributed by atoms with van der Waals surface area (Å²) in [7, 11) is 0. The van der Waals surface area contributed by atoms with Gasteiger partial charge in [-0.3, -0.25) is 14.5 Å². The summed E-state index contributed by atoms with van der Waals surface area (Å²) >= 11 is 0. The van der Waals surface area contributed by atoms with Crippen LogP contribution in [-0.4, -0.2) is 20.5 Å². The molecular weight excluding hydrogens is 276 g/mol. The van der Waals surface area contributed by atoms with Crippen LogP contribution in [-0.2, 0) is 11.3 Å². The van der Waals surface area contributed by atoms with Crippen LogP contribution in [0, 0.1) is 18.3 Å². The lowest BCUT2D eigenvalue weighted by atomic mass is 10.00. The predicted molar refractivity (Wildman–Crippen MR) is 82.1 cm³/mol. The van der Waals surface area contributed by atoms with Crippen LogP contribution in [0.3, 0.4) is 0 Å². The van der Waals surface area contributed by atoms with Gasteiger partial charge in [0.1, 0.15) is 12.5 Å². The van der Waals surface area contributed by atoms with Crippen LogP contribution in [0.5, 0.6) is 0 Å². The first kappa shape index (κ1) is 14.0. The van der Waals surface area contributed by atoms with Gasteiger partial charge in [0.15, 0.2) is 5.78 Å². The molecule has 0 spiro atoms. The number of hydrogen-bond acceptors (Lipinski definition) is 4. The first-order valence-electron chi connectivity index (χ1n) is 6.95. The topological polar surface area (TPSA) is 71.6 Å². The SMILES string of the molecule is Cc1ccnn1CC(=O)C(C#N)c1ccc2ccccc2n1. The minimum atomic E-state index is -0.881. The summed E-state index contributed by atoms with van der Waals surface area (Å²) in [5.74, 6) is -1.09. The number of aryl methyl sites for hydroxylation is 1. The molecule has 0 saturated carbocycles. The molecule has 0 N–H and O–H groups in total. The molecule has 5 nitrogen and oxygen atoms in total. The van der Waals surface area contributed by atoms with Crippen LogP contribution < -0.4 is 0 Å². The van der Waals surface area contributed by atoms with E-state index < -0.39 is 5.92 Å². The van der Waals surface area contributed by atoms with Crippen LogP contribution >= 0.6 is 0 Å². The number of aromatic nitrogens is 3. The van der Waals surface area contributed by atoms with Crippen molar-refractivity contribution in [2.24, 2.45) is 0 Å². The number of benzene rings is 1. The van der Waals surface area contributed by atoms with Crippen molar-refractivity contribution >= 4 is 16.7 Å². The molecule has 1 aromatic carbocycles. The fourth-order valence-corrected chi connectivity index (χ4v) is 2.35. The Bertz CT molecular complexity index is 875. The molecule has 0 aliphatic heterocycles. The van der Waals surface area contributed by atoms with E-state index in [-0.39, 0.29) is 12.3 Å². The van der Waals surface area contributed by atoms with Gasteiger partial charge in [-0.1, -0.05) is 24.3 Å². The van der Waals surface area contributed by atoms with Gasteiger partial charge >= 0.3 is 0 Å². The van der Waals surface area contributed by atoms with Gasteiger partial charge in [0, 0.05) is 17.3 Å². The number of ketones is 1. The maximum Gasteiger partial charge on any atom is 0.177 e. The highest BCUT2D eigenvalue weighted by molar-refractivity contribution is 5.88.